The summed E-state index contributed by atoms with van der Waals surface area (Å²) in [6, 6.07) is 15.7. The molecule has 10 heteroatoms. The number of aromatic nitrogens is 4. The van der Waals surface area contributed by atoms with Crippen molar-refractivity contribution in [2.45, 2.75) is 25.9 Å². The van der Waals surface area contributed by atoms with E-state index in [0.717, 1.165) is 27.8 Å². The molecule has 0 atom stereocenters. The Morgan fingerprint density at radius 3 is 2.69 bits per heavy atom. The van der Waals surface area contributed by atoms with Crippen LogP contribution < -0.4 is 10.6 Å². The van der Waals surface area contributed by atoms with Gasteiger partial charge in [0.15, 0.2) is 5.69 Å². The van der Waals surface area contributed by atoms with Crippen LogP contribution in [0.5, 0.6) is 0 Å². The molecule has 4 heterocycles. The van der Waals surface area contributed by atoms with E-state index in [1.165, 1.54) is 14.2 Å². The quantitative estimate of drug-likeness (QED) is 0.216. The van der Waals surface area contributed by atoms with Gasteiger partial charge < -0.3 is 29.7 Å². The molecule has 0 aliphatic carbocycles. The fourth-order valence-corrected chi connectivity index (χ4v) is 4.64. The highest BCUT2D eigenvalue weighted by atomic mass is 16.5. The third kappa shape index (κ3) is 5.60. The lowest BCUT2D eigenvalue weighted by molar-refractivity contribution is -0.117. The van der Waals surface area contributed by atoms with E-state index in [9.17, 15) is 9.59 Å². The average molecular weight is 527 g/mol. The standard InChI is InChI=1S/C29H30N6O4/c1-38-14-11-25(36)34-26-23-15-21(31-17-20-7-5-6-12-30-20)18-33-28(23)35(27(26)29(37)39-2)13-10-19-16-32-24-9-4-3-8-22(19)24/h3-9,12,15-16,18,31-32H,10-11,13-14,17H2,1-2H3,(H,34,36). The number of esters is 1. The van der Waals surface area contributed by atoms with Crippen LogP contribution in [0.25, 0.3) is 21.9 Å². The fourth-order valence-electron chi connectivity index (χ4n) is 4.64. The van der Waals surface area contributed by atoms with E-state index in [-0.39, 0.29) is 24.6 Å². The van der Waals surface area contributed by atoms with E-state index in [1.807, 2.05) is 53.2 Å². The third-order valence-corrected chi connectivity index (χ3v) is 6.55. The molecule has 200 valence electrons. The summed E-state index contributed by atoms with van der Waals surface area (Å²) in [5, 5.41) is 8.00. The first-order chi connectivity index (χ1) is 19.1. The van der Waals surface area contributed by atoms with Gasteiger partial charge in [-0.15, -0.1) is 0 Å². The Hall–Kier alpha value is -4.70. The number of anilines is 2. The van der Waals surface area contributed by atoms with Crippen molar-refractivity contribution in [3.05, 3.63) is 84.1 Å². The van der Waals surface area contributed by atoms with Crippen LogP contribution in [-0.2, 0) is 33.8 Å². The molecule has 0 saturated heterocycles. The van der Waals surface area contributed by atoms with E-state index in [4.69, 9.17) is 14.5 Å². The Bertz CT molecular complexity index is 1610. The van der Waals surface area contributed by atoms with Crippen molar-refractivity contribution in [1.82, 2.24) is 19.5 Å². The van der Waals surface area contributed by atoms with Crippen molar-refractivity contribution in [3.63, 3.8) is 0 Å². The molecule has 0 fully saturated rings. The molecule has 0 radical (unpaired) electrons. The highest BCUT2D eigenvalue weighted by Crippen LogP contribution is 2.33. The van der Waals surface area contributed by atoms with Crippen molar-refractivity contribution < 1.29 is 19.1 Å². The van der Waals surface area contributed by atoms with E-state index in [1.54, 1.807) is 12.4 Å². The predicted octanol–water partition coefficient (Wildman–Crippen LogP) is 4.53. The van der Waals surface area contributed by atoms with Crippen LogP contribution in [-0.4, -0.2) is 52.2 Å². The second-order valence-electron chi connectivity index (χ2n) is 9.04. The first kappa shape index (κ1) is 25.9. The molecule has 4 aromatic heterocycles. The largest absolute Gasteiger partial charge is 0.464 e. The molecule has 0 saturated carbocycles. The van der Waals surface area contributed by atoms with Crippen LogP contribution in [0.15, 0.2) is 67.1 Å². The van der Waals surface area contributed by atoms with Gasteiger partial charge in [0.05, 0.1) is 49.9 Å². The van der Waals surface area contributed by atoms with Crippen molar-refractivity contribution in [1.29, 1.82) is 0 Å². The number of ether oxygens (including phenoxy) is 2. The highest BCUT2D eigenvalue weighted by molar-refractivity contribution is 6.11. The summed E-state index contributed by atoms with van der Waals surface area (Å²) in [5.74, 6) is -0.832. The number of carbonyl (C=O) groups is 2. The lowest BCUT2D eigenvalue weighted by Gasteiger charge is -2.11. The van der Waals surface area contributed by atoms with Crippen LogP contribution >= 0.6 is 0 Å². The molecule has 1 aromatic carbocycles. The maximum absolute atomic E-state index is 13.1. The number of aromatic amines is 1. The minimum Gasteiger partial charge on any atom is -0.464 e. The topological polar surface area (TPSA) is 123 Å². The lowest BCUT2D eigenvalue weighted by Crippen LogP contribution is -2.18. The first-order valence-corrected chi connectivity index (χ1v) is 12.7. The number of fused-ring (bicyclic) bond motifs is 2. The smallest absolute Gasteiger partial charge is 0.356 e. The molecular weight excluding hydrogens is 496 g/mol. The number of aryl methyl sites for hydroxylation is 2. The number of methoxy groups -OCH3 is 2. The summed E-state index contributed by atoms with van der Waals surface area (Å²) in [6.45, 7) is 1.20. The molecule has 1 amide bonds. The van der Waals surface area contributed by atoms with Gasteiger partial charge in [0.25, 0.3) is 0 Å². The number of hydrogen-bond acceptors (Lipinski definition) is 7. The second-order valence-corrected chi connectivity index (χ2v) is 9.04. The molecule has 0 spiro atoms. The third-order valence-electron chi connectivity index (χ3n) is 6.55. The van der Waals surface area contributed by atoms with Gasteiger partial charge in [-0.25, -0.2) is 9.78 Å². The monoisotopic (exact) mass is 526 g/mol. The lowest BCUT2D eigenvalue weighted by atomic mass is 10.1. The van der Waals surface area contributed by atoms with Crippen molar-refractivity contribution in [2.24, 2.45) is 0 Å². The molecule has 5 aromatic rings. The van der Waals surface area contributed by atoms with Crippen molar-refractivity contribution in [2.75, 3.05) is 31.5 Å². The Balaban J connectivity index is 1.54. The summed E-state index contributed by atoms with van der Waals surface area (Å²) in [6.07, 6.45) is 6.21. The molecular formula is C29H30N6O4. The zero-order valence-corrected chi connectivity index (χ0v) is 21.9. The van der Waals surface area contributed by atoms with Crippen LogP contribution in [0.1, 0.15) is 28.2 Å². The molecule has 3 N–H and O–H groups in total. The van der Waals surface area contributed by atoms with Gasteiger partial charge >= 0.3 is 5.97 Å². The van der Waals surface area contributed by atoms with Crippen molar-refractivity contribution in [3.8, 4) is 0 Å². The summed E-state index contributed by atoms with van der Waals surface area (Å²) < 4.78 is 12.0. The average Bonchev–Trinajstić information content (AvgIpc) is 3.52. The number of nitrogens with one attached hydrogen (secondary N) is 3. The maximum atomic E-state index is 13.1. The number of nitrogens with zero attached hydrogens (tertiary/aromatic N) is 3. The number of para-hydroxylation sites is 1. The Morgan fingerprint density at radius 2 is 1.90 bits per heavy atom. The van der Waals surface area contributed by atoms with Crippen LogP contribution in [0, 0.1) is 0 Å². The van der Waals surface area contributed by atoms with Crippen molar-refractivity contribution >= 4 is 45.2 Å². The van der Waals surface area contributed by atoms with Crippen LogP contribution in [0.3, 0.4) is 0 Å². The highest BCUT2D eigenvalue weighted by Gasteiger charge is 2.26. The molecule has 39 heavy (non-hydrogen) atoms. The van der Waals surface area contributed by atoms with E-state index in [2.05, 4.69) is 26.7 Å². The first-order valence-electron chi connectivity index (χ1n) is 12.7. The van der Waals surface area contributed by atoms with Gasteiger partial charge in [-0.1, -0.05) is 24.3 Å². The number of pyridine rings is 2. The van der Waals surface area contributed by atoms with Crippen LogP contribution in [0.4, 0.5) is 11.4 Å². The molecule has 0 bridgehead atoms. The van der Waals surface area contributed by atoms with Gasteiger partial charge in [0, 0.05) is 42.3 Å². The summed E-state index contributed by atoms with van der Waals surface area (Å²) in [7, 11) is 2.86. The summed E-state index contributed by atoms with van der Waals surface area (Å²) in [4.78, 5) is 38.2. The summed E-state index contributed by atoms with van der Waals surface area (Å²) >= 11 is 0. The van der Waals surface area contributed by atoms with Gasteiger partial charge in [-0.05, 0) is 36.2 Å². The van der Waals surface area contributed by atoms with Gasteiger partial charge in [0.2, 0.25) is 5.91 Å². The van der Waals surface area contributed by atoms with Gasteiger partial charge in [0.1, 0.15) is 5.65 Å². The molecule has 0 aliphatic heterocycles. The maximum Gasteiger partial charge on any atom is 0.356 e. The Labute approximate surface area is 225 Å². The number of rotatable bonds is 11. The van der Waals surface area contributed by atoms with E-state index < -0.39 is 5.97 Å². The SMILES string of the molecule is COCCC(=O)Nc1c(C(=O)OC)n(CCc2c[nH]c3ccccc23)c2ncc(NCc3ccccn3)cc12. The zero-order valence-electron chi connectivity index (χ0n) is 21.9. The molecule has 10 nitrogen and oxygen atoms in total. The number of carbonyl (C=O) groups excluding carboxylic acids is 2. The molecule has 0 aliphatic rings. The zero-order chi connectivity index (χ0) is 27.2. The minimum atomic E-state index is -0.558. The number of H-pyrrole nitrogens is 1. The van der Waals surface area contributed by atoms with Gasteiger partial charge in [-0.3, -0.25) is 9.78 Å². The van der Waals surface area contributed by atoms with Gasteiger partial charge in [-0.2, -0.15) is 0 Å². The fraction of sp³-hybridized carbons (Fsp3) is 0.241. The Morgan fingerprint density at radius 1 is 1.05 bits per heavy atom. The Kier molecular flexibility index (Phi) is 7.83. The predicted molar refractivity (Wildman–Crippen MR) is 150 cm³/mol. The molecule has 0 unspecified atom stereocenters. The number of amides is 1. The minimum absolute atomic E-state index is 0.143. The number of hydrogen-bond donors (Lipinski definition) is 3. The summed E-state index contributed by atoms with van der Waals surface area (Å²) in [5.41, 5.74) is 4.94. The second kappa shape index (κ2) is 11.8. The number of benzene rings is 1. The van der Waals surface area contributed by atoms with E-state index >= 15 is 0 Å². The normalized spacial score (nSPS) is 11.1. The van der Waals surface area contributed by atoms with E-state index in [0.29, 0.717) is 36.2 Å². The van der Waals surface area contributed by atoms with Crippen LogP contribution in [0.2, 0.25) is 0 Å². The molecule has 5 rings (SSSR count).